The Morgan fingerprint density at radius 1 is 0.962 bits per heavy atom. The number of rotatable bonds is 10. The molecule has 1 amide bonds. The van der Waals surface area contributed by atoms with Crippen LogP contribution in [0.2, 0.25) is 0 Å². The molecule has 0 saturated carbocycles. The first-order chi connectivity index (χ1) is 12.7. The van der Waals surface area contributed by atoms with Gasteiger partial charge in [0.25, 0.3) is 5.91 Å². The summed E-state index contributed by atoms with van der Waals surface area (Å²) in [7, 11) is 0. The Morgan fingerprint density at radius 2 is 1.65 bits per heavy atom. The van der Waals surface area contributed by atoms with Crippen molar-refractivity contribution in [2.45, 2.75) is 40.0 Å². The zero-order valence-electron chi connectivity index (χ0n) is 16.1. The molecule has 5 heteroatoms. The highest BCUT2D eigenvalue weighted by Crippen LogP contribution is 2.18. The minimum Gasteiger partial charge on any atom is -0.384 e. The number of anilines is 3. The summed E-state index contributed by atoms with van der Waals surface area (Å²) in [6.45, 7) is 9.31. The van der Waals surface area contributed by atoms with Crippen molar-refractivity contribution in [1.82, 2.24) is 4.98 Å². The zero-order valence-corrected chi connectivity index (χ0v) is 16.1. The van der Waals surface area contributed by atoms with E-state index in [9.17, 15) is 4.79 Å². The molecule has 1 aromatic heterocycles. The third-order valence-corrected chi connectivity index (χ3v) is 4.36. The van der Waals surface area contributed by atoms with Crippen LogP contribution in [-0.2, 0) is 0 Å². The standard InChI is InChI=1S/C21H30N4O/c1-4-7-8-15-22-18-11-14-20(23-16-18)21(26)24-17-9-12-19(13-10-17)25(5-2)6-3/h9-14,16,22H,4-8,15H2,1-3H3,(H,24,26). The summed E-state index contributed by atoms with van der Waals surface area (Å²) < 4.78 is 0. The lowest BCUT2D eigenvalue weighted by molar-refractivity contribution is 0.102. The van der Waals surface area contributed by atoms with E-state index >= 15 is 0 Å². The topological polar surface area (TPSA) is 57.3 Å². The summed E-state index contributed by atoms with van der Waals surface area (Å²) in [6.07, 6.45) is 5.27. The molecule has 140 valence electrons. The second-order valence-corrected chi connectivity index (χ2v) is 6.24. The van der Waals surface area contributed by atoms with Crippen molar-refractivity contribution in [3.8, 4) is 0 Å². The van der Waals surface area contributed by atoms with E-state index < -0.39 is 0 Å². The molecule has 1 aromatic carbocycles. The van der Waals surface area contributed by atoms with Crippen LogP contribution in [0.15, 0.2) is 42.6 Å². The first kappa shape index (κ1) is 19.8. The van der Waals surface area contributed by atoms with Crippen LogP contribution >= 0.6 is 0 Å². The van der Waals surface area contributed by atoms with Gasteiger partial charge in [-0.3, -0.25) is 4.79 Å². The Kier molecular flexibility index (Phi) is 7.93. The third-order valence-electron chi connectivity index (χ3n) is 4.36. The normalized spacial score (nSPS) is 10.4. The van der Waals surface area contributed by atoms with E-state index in [0.29, 0.717) is 5.69 Å². The van der Waals surface area contributed by atoms with Gasteiger partial charge in [0.05, 0.1) is 11.9 Å². The highest BCUT2D eigenvalue weighted by atomic mass is 16.1. The largest absolute Gasteiger partial charge is 0.384 e. The maximum absolute atomic E-state index is 12.4. The van der Waals surface area contributed by atoms with Gasteiger partial charge in [0.1, 0.15) is 5.69 Å². The van der Waals surface area contributed by atoms with Crippen LogP contribution in [-0.4, -0.2) is 30.5 Å². The average molecular weight is 354 g/mol. The lowest BCUT2D eigenvalue weighted by Gasteiger charge is -2.21. The van der Waals surface area contributed by atoms with Gasteiger partial charge in [0.2, 0.25) is 0 Å². The lowest BCUT2D eigenvalue weighted by atomic mass is 10.2. The van der Waals surface area contributed by atoms with Gasteiger partial charge in [0, 0.05) is 31.0 Å². The number of nitrogens with one attached hydrogen (secondary N) is 2. The quantitative estimate of drug-likeness (QED) is 0.603. The first-order valence-electron chi connectivity index (χ1n) is 9.54. The molecule has 26 heavy (non-hydrogen) atoms. The number of pyridine rings is 1. The predicted octanol–water partition coefficient (Wildman–Crippen LogP) is 4.78. The highest BCUT2D eigenvalue weighted by molar-refractivity contribution is 6.03. The molecule has 0 unspecified atom stereocenters. The molecule has 0 spiro atoms. The molecule has 0 saturated heterocycles. The van der Waals surface area contributed by atoms with Crippen LogP contribution < -0.4 is 15.5 Å². The fourth-order valence-corrected chi connectivity index (χ4v) is 2.78. The summed E-state index contributed by atoms with van der Waals surface area (Å²) in [5.74, 6) is -0.196. The van der Waals surface area contributed by atoms with Gasteiger partial charge in [-0.2, -0.15) is 0 Å². The van der Waals surface area contributed by atoms with Gasteiger partial charge < -0.3 is 15.5 Å². The van der Waals surface area contributed by atoms with Crippen molar-refractivity contribution >= 4 is 23.0 Å². The maximum atomic E-state index is 12.4. The Labute approximate surface area is 156 Å². The van der Waals surface area contributed by atoms with Crippen LogP contribution in [0.3, 0.4) is 0 Å². The summed E-state index contributed by atoms with van der Waals surface area (Å²) in [5.41, 5.74) is 3.29. The van der Waals surface area contributed by atoms with Crippen molar-refractivity contribution in [2.75, 3.05) is 35.2 Å². The molecule has 0 radical (unpaired) electrons. The Balaban J connectivity index is 1.90. The zero-order chi connectivity index (χ0) is 18.8. The van der Waals surface area contributed by atoms with Crippen molar-refractivity contribution in [2.24, 2.45) is 0 Å². The monoisotopic (exact) mass is 354 g/mol. The van der Waals surface area contributed by atoms with Crippen LogP contribution in [0.25, 0.3) is 0 Å². The van der Waals surface area contributed by atoms with E-state index in [-0.39, 0.29) is 5.91 Å². The average Bonchev–Trinajstić information content (AvgIpc) is 2.68. The van der Waals surface area contributed by atoms with E-state index in [0.717, 1.165) is 43.1 Å². The highest BCUT2D eigenvalue weighted by Gasteiger charge is 2.08. The van der Waals surface area contributed by atoms with Crippen molar-refractivity contribution in [1.29, 1.82) is 0 Å². The van der Waals surface area contributed by atoms with Gasteiger partial charge in [-0.15, -0.1) is 0 Å². The summed E-state index contributed by atoms with van der Waals surface area (Å²) >= 11 is 0. The molecule has 0 atom stereocenters. The van der Waals surface area contributed by atoms with Gasteiger partial charge in [-0.1, -0.05) is 19.8 Å². The molecule has 0 bridgehead atoms. The molecule has 0 aliphatic heterocycles. The number of nitrogens with zero attached hydrogens (tertiary/aromatic N) is 2. The summed E-state index contributed by atoms with van der Waals surface area (Å²) in [6, 6.07) is 11.6. The number of hydrogen-bond donors (Lipinski definition) is 2. The van der Waals surface area contributed by atoms with Crippen LogP contribution in [0.4, 0.5) is 17.1 Å². The summed E-state index contributed by atoms with van der Waals surface area (Å²) in [5, 5.41) is 6.22. The molecule has 5 nitrogen and oxygen atoms in total. The fraction of sp³-hybridized carbons (Fsp3) is 0.429. The third kappa shape index (κ3) is 5.76. The van der Waals surface area contributed by atoms with Gasteiger partial charge in [-0.05, 0) is 56.7 Å². The molecule has 2 rings (SSSR count). The minimum atomic E-state index is -0.196. The van der Waals surface area contributed by atoms with Crippen molar-refractivity contribution in [3.63, 3.8) is 0 Å². The Bertz CT molecular complexity index is 663. The SMILES string of the molecule is CCCCCNc1ccc(C(=O)Nc2ccc(N(CC)CC)cc2)nc1. The lowest BCUT2D eigenvalue weighted by Crippen LogP contribution is -2.21. The van der Waals surface area contributed by atoms with Crippen LogP contribution in [0, 0.1) is 0 Å². The second kappa shape index (κ2) is 10.4. The van der Waals surface area contributed by atoms with E-state index in [2.05, 4.69) is 41.3 Å². The Hall–Kier alpha value is -2.56. The first-order valence-corrected chi connectivity index (χ1v) is 9.54. The number of aromatic nitrogens is 1. The van der Waals surface area contributed by atoms with Gasteiger partial charge in [-0.25, -0.2) is 4.98 Å². The van der Waals surface area contributed by atoms with Gasteiger partial charge in [0.15, 0.2) is 0 Å². The fourth-order valence-electron chi connectivity index (χ4n) is 2.78. The van der Waals surface area contributed by atoms with E-state index in [1.54, 1.807) is 12.3 Å². The maximum Gasteiger partial charge on any atom is 0.274 e. The van der Waals surface area contributed by atoms with E-state index in [1.807, 2.05) is 30.3 Å². The van der Waals surface area contributed by atoms with E-state index in [1.165, 1.54) is 12.8 Å². The number of unbranched alkanes of at least 4 members (excludes halogenated alkanes) is 2. The van der Waals surface area contributed by atoms with Gasteiger partial charge >= 0.3 is 0 Å². The molecule has 1 heterocycles. The Morgan fingerprint density at radius 3 is 2.23 bits per heavy atom. The summed E-state index contributed by atoms with van der Waals surface area (Å²) in [4.78, 5) is 18.9. The number of amides is 1. The number of hydrogen-bond acceptors (Lipinski definition) is 4. The number of carbonyl (C=O) groups is 1. The molecule has 0 aliphatic rings. The molecular formula is C21H30N4O. The van der Waals surface area contributed by atoms with Crippen molar-refractivity contribution in [3.05, 3.63) is 48.3 Å². The number of carbonyl (C=O) groups excluding carboxylic acids is 1. The molecular weight excluding hydrogens is 324 g/mol. The molecule has 0 aliphatic carbocycles. The van der Waals surface area contributed by atoms with Crippen LogP contribution in [0.5, 0.6) is 0 Å². The smallest absolute Gasteiger partial charge is 0.274 e. The predicted molar refractivity (Wildman–Crippen MR) is 110 cm³/mol. The molecule has 2 aromatic rings. The molecule has 2 N–H and O–H groups in total. The van der Waals surface area contributed by atoms with E-state index in [4.69, 9.17) is 0 Å². The number of benzene rings is 1. The van der Waals surface area contributed by atoms with Crippen LogP contribution in [0.1, 0.15) is 50.5 Å². The second-order valence-electron chi connectivity index (χ2n) is 6.24. The van der Waals surface area contributed by atoms with Crippen molar-refractivity contribution < 1.29 is 4.79 Å². The molecule has 0 fully saturated rings. The minimum absolute atomic E-state index is 0.196.